The fourth-order valence-electron chi connectivity index (χ4n) is 1.49. The monoisotopic (exact) mass is 209 g/mol. The highest BCUT2D eigenvalue weighted by Gasteiger charge is 1.98. The van der Waals surface area contributed by atoms with E-state index in [0.717, 1.165) is 18.7 Å². The van der Waals surface area contributed by atoms with Crippen molar-refractivity contribution >= 4 is 5.69 Å². The molecular formula is C13H20FN. The molecule has 0 bridgehead atoms. The molecule has 0 aromatic heterocycles. The average molecular weight is 209 g/mol. The van der Waals surface area contributed by atoms with Crippen molar-refractivity contribution in [1.29, 1.82) is 0 Å². The highest BCUT2D eigenvalue weighted by molar-refractivity contribution is 5.44. The molecule has 2 heteroatoms. The molecule has 1 N–H and O–H groups in total. The van der Waals surface area contributed by atoms with Crippen LogP contribution in [0.2, 0.25) is 0 Å². The van der Waals surface area contributed by atoms with Crippen LogP contribution in [0.1, 0.15) is 38.2 Å². The Morgan fingerprint density at radius 1 is 1.20 bits per heavy atom. The van der Waals surface area contributed by atoms with Gasteiger partial charge in [0.25, 0.3) is 0 Å². The second-order valence-electron chi connectivity index (χ2n) is 3.95. The molecule has 0 saturated carbocycles. The Labute approximate surface area is 91.7 Å². The minimum atomic E-state index is -0.131. The standard InChI is InChI=1S/C13H20FN/c1-3-4-5-6-9-15-12-8-7-11(2)13(14)10-12/h7-8,10,15H,3-6,9H2,1-2H3. The number of halogens is 1. The average Bonchev–Trinajstić information content (AvgIpc) is 2.23. The molecule has 0 aliphatic rings. The summed E-state index contributed by atoms with van der Waals surface area (Å²) in [6.07, 6.45) is 4.93. The van der Waals surface area contributed by atoms with Crippen LogP contribution in [0.4, 0.5) is 10.1 Å². The van der Waals surface area contributed by atoms with Crippen molar-refractivity contribution in [3.05, 3.63) is 29.6 Å². The number of hydrogen-bond acceptors (Lipinski definition) is 1. The van der Waals surface area contributed by atoms with Crippen LogP contribution in [0.5, 0.6) is 0 Å². The highest BCUT2D eigenvalue weighted by Crippen LogP contribution is 2.13. The number of hydrogen-bond donors (Lipinski definition) is 1. The van der Waals surface area contributed by atoms with Gasteiger partial charge in [0.2, 0.25) is 0 Å². The van der Waals surface area contributed by atoms with Crippen molar-refractivity contribution in [3.8, 4) is 0 Å². The van der Waals surface area contributed by atoms with Gasteiger partial charge in [0.05, 0.1) is 0 Å². The second kappa shape index (κ2) is 6.44. The smallest absolute Gasteiger partial charge is 0.128 e. The fourth-order valence-corrected chi connectivity index (χ4v) is 1.49. The van der Waals surface area contributed by atoms with Gasteiger partial charge in [-0.15, -0.1) is 0 Å². The fraction of sp³-hybridized carbons (Fsp3) is 0.538. The van der Waals surface area contributed by atoms with Crippen molar-refractivity contribution in [3.63, 3.8) is 0 Å². The van der Waals surface area contributed by atoms with Gasteiger partial charge in [-0.3, -0.25) is 0 Å². The molecule has 0 radical (unpaired) electrons. The predicted octanol–water partition coefficient (Wildman–Crippen LogP) is 4.13. The molecule has 84 valence electrons. The number of aryl methyl sites for hydroxylation is 1. The van der Waals surface area contributed by atoms with Gasteiger partial charge in [-0.2, -0.15) is 0 Å². The Morgan fingerprint density at radius 2 is 2.00 bits per heavy atom. The zero-order chi connectivity index (χ0) is 11.1. The van der Waals surface area contributed by atoms with Crippen LogP contribution >= 0.6 is 0 Å². The normalized spacial score (nSPS) is 10.3. The first-order valence-electron chi connectivity index (χ1n) is 5.74. The Morgan fingerprint density at radius 3 is 2.67 bits per heavy atom. The zero-order valence-corrected chi connectivity index (χ0v) is 9.65. The number of rotatable bonds is 6. The van der Waals surface area contributed by atoms with E-state index in [0.29, 0.717) is 5.56 Å². The van der Waals surface area contributed by atoms with E-state index in [9.17, 15) is 4.39 Å². The summed E-state index contributed by atoms with van der Waals surface area (Å²) in [6, 6.07) is 5.30. The summed E-state index contributed by atoms with van der Waals surface area (Å²) >= 11 is 0. The Kier molecular flexibility index (Phi) is 5.16. The molecule has 0 aliphatic heterocycles. The lowest BCUT2D eigenvalue weighted by molar-refractivity contribution is 0.618. The lowest BCUT2D eigenvalue weighted by atomic mass is 10.2. The molecule has 15 heavy (non-hydrogen) atoms. The van der Waals surface area contributed by atoms with E-state index in [2.05, 4.69) is 12.2 Å². The molecule has 0 atom stereocenters. The van der Waals surface area contributed by atoms with Gasteiger partial charge < -0.3 is 5.32 Å². The van der Waals surface area contributed by atoms with Crippen LogP contribution in [0.15, 0.2) is 18.2 Å². The van der Waals surface area contributed by atoms with Crippen LogP contribution in [0, 0.1) is 12.7 Å². The Bertz CT molecular complexity index is 297. The van der Waals surface area contributed by atoms with Crippen LogP contribution in [-0.2, 0) is 0 Å². The molecule has 0 fully saturated rings. The highest BCUT2D eigenvalue weighted by atomic mass is 19.1. The lowest BCUT2D eigenvalue weighted by Crippen LogP contribution is -2.01. The van der Waals surface area contributed by atoms with Gasteiger partial charge in [-0.1, -0.05) is 32.3 Å². The summed E-state index contributed by atoms with van der Waals surface area (Å²) in [4.78, 5) is 0. The molecule has 1 aromatic rings. The van der Waals surface area contributed by atoms with Crippen molar-refractivity contribution in [2.75, 3.05) is 11.9 Å². The van der Waals surface area contributed by atoms with Crippen LogP contribution < -0.4 is 5.32 Å². The molecule has 0 saturated heterocycles. The third-order valence-electron chi connectivity index (χ3n) is 2.53. The topological polar surface area (TPSA) is 12.0 Å². The van der Waals surface area contributed by atoms with Crippen LogP contribution in [-0.4, -0.2) is 6.54 Å². The molecule has 1 rings (SSSR count). The maximum atomic E-state index is 13.2. The minimum absolute atomic E-state index is 0.131. The van der Waals surface area contributed by atoms with Crippen molar-refractivity contribution in [2.45, 2.75) is 39.5 Å². The van der Waals surface area contributed by atoms with E-state index in [1.165, 1.54) is 19.3 Å². The van der Waals surface area contributed by atoms with Crippen LogP contribution in [0.3, 0.4) is 0 Å². The van der Waals surface area contributed by atoms with Crippen molar-refractivity contribution < 1.29 is 4.39 Å². The molecule has 1 nitrogen and oxygen atoms in total. The van der Waals surface area contributed by atoms with Gasteiger partial charge in [0, 0.05) is 12.2 Å². The molecule has 0 heterocycles. The predicted molar refractivity (Wildman–Crippen MR) is 63.8 cm³/mol. The molecule has 0 unspecified atom stereocenters. The summed E-state index contributed by atoms with van der Waals surface area (Å²) in [7, 11) is 0. The Hall–Kier alpha value is -1.05. The number of unbranched alkanes of at least 4 members (excludes halogenated alkanes) is 3. The largest absolute Gasteiger partial charge is 0.385 e. The maximum Gasteiger partial charge on any atom is 0.128 e. The number of anilines is 1. The summed E-state index contributed by atoms with van der Waals surface area (Å²) < 4.78 is 13.2. The van der Waals surface area contributed by atoms with E-state index in [1.54, 1.807) is 13.0 Å². The van der Waals surface area contributed by atoms with Gasteiger partial charge >= 0.3 is 0 Å². The van der Waals surface area contributed by atoms with Crippen LogP contribution in [0.25, 0.3) is 0 Å². The summed E-state index contributed by atoms with van der Waals surface area (Å²) in [5.74, 6) is -0.131. The van der Waals surface area contributed by atoms with E-state index in [-0.39, 0.29) is 5.82 Å². The number of nitrogens with one attached hydrogen (secondary N) is 1. The van der Waals surface area contributed by atoms with E-state index in [1.807, 2.05) is 12.1 Å². The number of benzene rings is 1. The van der Waals surface area contributed by atoms with E-state index < -0.39 is 0 Å². The van der Waals surface area contributed by atoms with Gasteiger partial charge in [0.1, 0.15) is 5.82 Å². The van der Waals surface area contributed by atoms with E-state index in [4.69, 9.17) is 0 Å². The first-order valence-corrected chi connectivity index (χ1v) is 5.74. The zero-order valence-electron chi connectivity index (χ0n) is 9.65. The first kappa shape index (κ1) is 12.0. The lowest BCUT2D eigenvalue weighted by Gasteiger charge is -2.06. The van der Waals surface area contributed by atoms with Crippen molar-refractivity contribution in [2.24, 2.45) is 0 Å². The minimum Gasteiger partial charge on any atom is -0.385 e. The Balaban J connectivity index is 2.28. The van der Waals surface area contributed by atoms with Gasteiger partial charge in [-0.25, -0.2) is 4.39 Å². The molecule has 0 aliphatic carbocycles. The quantitative estimate of drug-likeness (QED) is 0.695. The second-order valence-corrected chi connectivity index (χ2v) is 3.95. The van der Waals surface area contributed by atoms with Gasteiger partial charge in [-0.05, 0) is 31.0 Å². The van der Waals surface area contributed by atoms with Crippen molar-refractivity contribution in [1.82, 2.24) is 0 Å². The maximum absolute atomic E-state index is 13.2. The molecule has 0 spiro atoms. The third-order valence-corrected chi connectivity index (χ3v) is 2.53. The first-order chi connectivity index (χ1) is 7.24. The summed E-state index contributed by atoms with van der Waals surface area (Å²) in [5, 5.41) is 3.23. The molecule has 0 amide bonds. The molecular weight excluding hydrogens is 189 g/mol. The van der Waals surface area contributed by atoms with Gasteiger partial charge in [0.15, 0.2) is 0 Å². The third kappa shape index (κ3) is 4.32. The summed E-state index contributed by atoms with van der Waals surface area (Å²) in [5.41, 5.74) is 1.58. The van der Waals surface area contributed by atoms with E-state index >= 15 is 0 Å². The molecule has 1 aromatic carbocycles. The summed E-state index contributed by atoms with van der Waals surface area (Å²) in [6.45, 7) is 4.91. The SMILES string of the molecule is CCCCCCNc1ccc(C)c(F)c1.